The van der Waals surface area contributed by atoms with Crippen LogP contribution in [0.15, 0.2) is 73.0 Å². The van der Waals surface area contributed by atoms with Gasteiger partial charge in [-0.25, -0.2) is 9.59 Å². The minimum absolute atomic E-state index is 0.0495. The summed E-state index contributed by atoms with van der Waals surface area (Å²) >= 11 is 1.33. The first-order chi connectivity index (χ1) is 19.6. The lowest BCUT2D eigenvalue weighted by Crippen LogP contribution is -2.31. The molecule has 0 unspecified atom stereocenters. The van der Waals surface area contributed by atoms with Crippen molar-refractivity contribution in [2.24, 2.45) is 4.99 Å². The lowest BCUT2D eigenvalue weighted by Gasteiger charge is -2.07. The second-order valence-electron chi connectivity index (χ2n) is 9.13. The maximum absolute atomic E-state index is 12.3. The minimum Gasteiger partial charge on any atom is -0.326 e. The third-order valence-corrected chi connectivity index (χ3v) is 6.85. The Bertz CT molecular complexity index is 1840. The van der Waals surface area contributed by atoms with E-state index in [1.807, 2.05) is 6.07 Å². The zero-order chi connectivity index (χ0) is 29.5. The van der Waals surface area contributed by atoms with E-state index < -0.39 is 22.5 Å². The molecule has 0 saturated heterocycles. The molecule has 3 aromatic heterocycles. The van der Waals surface area contributed by atoms with Crippen molar-refractivity contribution >= 4 is 45.7 Å². The van der Waals surface area contributed by atoms with Crippen LogP contribution in [0, 0.1) is 13.8 Å². The first kappa shape index (κ1) is 28.9. The molecule has 0 spiro atoms. The Labute approximate surface area is 236 Å². The van der Waals surface area contributed by atoms with Crippen LogP contribution in [0.2, 0.25) is 0 Å². The Morgan fingerprint density at radius 2 is 1.34 bits per heavy atom. The quantitative estimate of drug-likeness (QED) is 0.209. The Kier molecular flexibility index (Phi) is 9.04. The van der Waals surface area contributed by atoms with Gasteiger partial charge in [0.2, 0.25) is 11.8 Å². The van der Waals surface area contributed by atoms with Gasteiger partial charge in [0.15, 0.2) is 0 Å². The van der Waals surface area contributed by atoms with Crippen molar-refractivity contribution in [2.75, 3.05) is 10.6 Å². The van der Waals surface area contributed by atoms with E-state index >= 15 is 0 Å². The van der Waals surface area contributed by atoms with Gasteiger partial charge >= 0.3 is 11.4 Å². The van der Waals surface area contributed by atoms with E-state index in [0.29, 0.717) is 27.5 Å². The predicted molar refractivity (Wildman–Crippen MR) is 157 cm³/mol. The van der Waals surface area contributed by atoms with E-state index in [2.05, 4.69) is 25.6 Å². The van der Waals surface area contributed by atoms with E-state index in [1.54, 1.807) is 50.4 Å². The van der Waals surface area contributed by atoms with Crippen molar-refractivity contribution in [3.63, 3.8) is 0 Å². The molecule has 0 bridgehead atoms. The maximum Gasteiger partial charge on any atom is 0.328 e. The number of hydrogen-bond donors (Lipinski definition) is 4. The van der Waals surface area contributed by atoms with E-state index in [-0.39, 0.29) is 37.7 Å². The van der Waals surface area contributed by atoms with Gasteiger partial charge in [0.1, 0.15) is 0 Å². The summed E-state index contributed by atoms with van der Waals surface area (Å²) in [6.07, 6.45) is 4.61. The summed E-state index contributed by atoms with van der Waals surface area (Å²) in [4.78, 5) is 80.9. The van der Waals surface area contributed by atoms with Gasteiger partial charge in [-0.3, -0.25) is 43.3 Å². The standard InChI is InChI=1S/C27H27N7O6S/c1-16-14-33(26(39)31-24(16)37)11-9-21(35)29-19-5-3-18(4-6-19)28-13-20-7-8-23(41-20)30-22(36)10-12-34-15-17(2)25(38)32-27(34)40/h3-8,13-15H,9-12H2,1-2H3,(H,29,35)(H,30,36)(H,31,37,39)(H,32,38,40). The average Bonchev–Trinajstić information content (AvgIpc) is 3.38. The van der Waals surface area contributed by atoms with Crippen LogP contribution in [0.4, 0.5) is 16.4 Å². The Hall–Kier alpha value is -5.11. The van der Waals surface area contributed by atoms with Crippen molar-refractivity contribution in [3.05, 3.63) is 106 Å². The molecule has 0 aliphatic heterocycles. The summed E-state index contributed by atoms with van der Waals surface area (Å²) in [5.74, 6) is -0.560. The van der Waals surface area contributed by atoms with Crippen molar-refractivity contribution in [3.8, 4) is 0 Å². The predicted octanol–water partition coefficient (Wildman–Crippen LogP) is 1.87. The van der Waals surface area contributed by atoms with Crippen LogP contribution in [0.1, 0.15) is 28.8 Å². The van der Waals surface area contributed by atoms with Crippen molar-refractivity contribution in [1.29, 1.82) is 0 Å². The van der Waals surface area contributed by atoms with Gasteiger partial charge < -0.3 is 10.6 Å². The molecule has 13 nitrogen and oxygen atoms in total. The lowest BCUT2D eigenvalue weighted by atomic mass is 10.2. The van der Waals surface area contributed by atoms with E-state index in [1.165, 1.54) is 32.9 Å². The highest BCUT2D eigenvalue weighted by Crippen LogP contribution is 2.22. The van der Waals surface area contributed by atoms with Gasteiger partial charge in [-0.1, -0.05) is 0 Å². The fraction of sp³-hybridized carbons (Fsp3) is 0.222. The highest BCUT2D eigenvalue weighted by molar-refractivity contribution is 7.17. The molecular weight excluding hydrogens is 550 g/mol. The molecule has 0 atom stereocenters. The molecule has 0 radical (unpaired) electrons. The zero-order valence-electron chi connectivity index (χ0n) is 22.2. The summed E-state index contributed by atoms with van der Waals surface area (Å²) in [6, 6.07) is 10.4. The van der Waals surface area contributed by atoms with Crippen molar-refractivity contribution in [2.45, 2.75) is 39.8 Å². The fourth-order valence-corrected chi connectivity index (χ4v) is 4.49. The van der Waals surface area contributed by atoms with Gasteiger partial charge in [-0.05, 0) is 50.2 Å². The number of rotatable bonds is 10. The van der Waals surface area contributed by atoms with Gasteiger partial charge in [-0.2, -0.15) is 0 Å². The summed E-state index contributed by atoms with van der Waals surface area (Å²) in [6.45, 7) is 3.43. The zero-order valence-corrected chi connectivity index (χ0v) is 23.0. The van der Waals surface area contributed by atoms with Crippen LogP contribution in [0.3, 0.4) is 0 Å². The average molecular weight is 578 g/mol. The molecule has 0 fully saturated rings. The molecule has 212 valence electrons. The van der Waals surface area contributed by atoms with Crippen molar-refractivity contribution in [1.82, 2.24) is 19.1 Å². The number of nitrogens with zero attached hydrogens (tertiary/aromatic N) is 3. The normalized spacial score (nSPS) is 11.1. The minimum atomic E-state index is -0.563. The third kappa shape index (κ3) is 7.95. The molecule has 0 aliphatic carbocycles. The largest absolute Gasteiger partial charge is 0.328 e. The van der Waals surface area contributed by atoms with Crippen LogP contribution in [-0.4, -0.2) is 37.1 Å². The Balaban J connectivity index is 1.25. The highest BCUT2D eigenvalue weighted by Gasteiger charge is 2.08. The number of aromatic nitrogens is 4. The van der Waals surface area contributed by atoms with Gasteiger partial charge in [0.05, 0.1) is 10.7 Å². The fourth-order valence-electron chi connectivity index (χ4n) is 3.70. The molecule has 4 aromatic rings. The second-order valence-corrected chi connectivity index (χ2v) is 10.2. The molecule has 2 amide bonds. The van der Waals surface area contributed by atoms with Crippen LogP contribution in [0.5, 0.6) is 0 Å². The number of hydrogen-bond acceptors (Lipinski definition) is 8. The summed E-state index contributed by atoms with van der Waals surface area (Å²) in [5.41, 5.74) is -0.0240. The first-order valence-electron chi connectivity index (χ1n) is 12.5. The number of H-pyrrole nitrogens is 2. The third-order valence-electron chi connectivity index (χ3n) is 5.92. The molecule has 14 heteroatoms. The van der Waals surface area contributed by atoms with E-state index in [4.69, 9.17) is 0 Å². The number of benzene rings is 1. The summed E-state index contributed by atoms with van der Waals surface area (Å²) < 4.78 is 2.57. The lowest BCUT2D eigenvalue weighted by molar-refractivity contribution is -0.117. The molecule has 1 aromatic carbocycles. The smallest absolute Gasteiger partial charge is 0.326 e. The van der Waals surface area contributed by atoms with Crippen LogP contribution < -0.4 is 33.1 Å². The number of thiophene rings is 1. The Morgan fingerprint density at radius 1 is 0.805 bits per heavy atom. The van der Waals surface area contributed by atoms with Crippen LogP contribution in [0.25, 0.3) is 0 Å². The SMILES string of the molecule is Cc1cn(CCC(=O)Nc2ccc(N=Cc3ccc(NC(=O)CCn4cc(C)c(=O)[nH]c4=O)s3)cc2)c(=O)[nH]c1=O. The van der Waals surface area contributed by atoms with E-state index in [0.717, 1.165) is 4.88 Å². The molecule has 4 N–H and O–H groups in total. The first-order valence-corrected chi connectivity index (χ1v) is 13.3. The molecule has 0 aliphatic rings. The number of aromatic amines is 2. The number of aliphatic imine (C=N–C) groups is 1. The van der Waals surface area contributed by atoms with Crippen molar-refractivity contribution < 1.29 is 9.59 Å². The van der Waals surface area contributed by atoms with E-state index in [9.17, 15) is 28.8 Å². The number of nitrogens with one attached hydrogen (secondary N) is 4. The highest BCUT2D eigenvalue weighted by atomic mass is 32.1. The topological polar surface area (TPSA) is 180 Å². The Morgan fingerprint density at radius 3 is 1.90 bits per heavy atom. The number of amides is 2. The molecule has 4 rings (SSSR count). The van der Waals surface area contributed by atoms with Gasteiger partial charge in [-0.15, -0.1) is 11.3 Å². The van der Waals surface area contributed by atoms with Crippen LogP contribution >= 0.6 is 11.3 Å². The summed E-state index contributed by atoms with van der Waals surface area (Å²) in [5, 5.41) is 6.17. The number of aryl methyl sites for hydroxylation is 4. The molecular formula is C27H27N7O6S. The number of carbonyl (C=O) groups excluding carboxylic acids is 2. The van der Waals surface area contributed by atoms with Gasteiger partial charge in [0.25, 0.3) is 11.1 Å². The number of anilines is 2. The molecule has 3 heterocycles. The number of carbonyl (C=O) groups is 2. The second kappa shape index (κ2) is 12.8. The summed E-state index contributed by atoms with van der Waals surface area (Å²) in [7, 11) is 0. The van der Waals surface area contributed by atoms with Crippen LogP contribution in [-0.2, 0) is 22.7 Å². The monoisotopic (exact) mass is 577 g/mol. The molecule has 41 heavy (non-hydrogen) atoms. The van der Waals surface area contributed by atoms with Gasteiger partial charge in [0, 0.05) is 66.2 Å². The molecule has 0 saturated carbocycles. The maximum atomic E-state index is 12.3.